The minimum atomic E-state index is -0.776. The summed E-state index contributed by atoms with van der Waals surface area (Å²) in [5.74, 6) is 0.757. The molecule has 1 atom stereocenters. The summed E-state index contributed by atoms with van der Waals surface area (Å²) >= 11 is 0. The standard InChI is InChI=1S/C35H35N7O3/c1-22(34(44)40-28-15-11-24(12-16-28)27-14-18-31(37-21-27)39-23(2)43)38-35(45)26-13-17-29-30(20-26)41-42(32-10-6-7-19-36-32)33(29)25-8-4-3-5-9-25/h6-7,10-22,25H,3-5,8-9H2,1-2H3,(H,38,45)(H,40,44)(H,37,39,43)/t22-/m1/s1. The van der Waals surface area contributed by atoms with Gasteiger partial charge in [0.2, 0.25) is 11.8 Å². The van der Waals surface area contributed by atoms with E-state index in [1.165, 1.54) is 26.2 Å². The normalized spacial score (nSPS) is 14.1. The van der Waals surface area contributed by atoms with Crippen LogP contribution in [0.25, 0.3) is 27.8 Å². The van der Waals surface area contributed by atoms with Gasteiger partial charge < -0.3 is 16.0 Å². The minimum Gasteiger partial charge on any atom is -0.341 e. The van der Waals surface area contributed by atoms with Gasteiger partial charge in [-0.3, -0.25) is 14.4 Å². The Kier molecular flexibility index (Phi) is 8.63. The summed E-state index contributed by atoms with van der Waals surface area (Å²) in [6, 6.07) is 21.5. The summed E-state index contributed by atoms with van der Waals surface area (Å²) in [4.78, 5) is 46.2. The van der Waals surface area contributed by atoms with Gasteiger partial charge in [0.1, 0.15) is 11.9 Å². The predicted molar refractivity (Wildman–Crippen MR) is 174 cm³/mol. The molecule has 0 saturated heterocycles. The molecule has 3 aromatic heterocycles. The summed E-state index contributed by atoms with van der Waals surface area (Å²) in [5, 5.41) is 14.2. The van der Waals surface area contributed by atoms with Crippen LogP contribution in [0.1, 0.15) is 67.9 Å². The van der Waals surface area contributed by atoms with Crippen LogP contribution in [0.3, 0.4) is 0 Å². The molecule has 1 fully saturated rings. The Bertz CT molecular complexity index is 1830. The Morgan fingerprint density at radius 1 is 0.867 bits per heavy atom. The number of hydrogen-bond acceptors (Lipinski definition) is 6. The molecule has 6 rings (SSSR count). The highest BCUT2D eigenvalue weighted by Gasteiger charge is 2.25. The Labute approximate surface area is 261 Å². The van der Waals surface area contributed by atoms with Crippen LogP contribution in [0.4, 0.5) is 11.5 Å². The van der Waals surface area contributed by atoms with Crippen molar-refractivity contribution in [1.82, 2.24) is 25.1 Å². The number of nitrogens with zero attached hydrogens (tertiary/aromatic N) is 4. The van der Waals surface area contributed by atoms with Crippen molar-refractivity contribution in [2.75, 3.05) is 10.6 Å². The zero-order valence-corrected chi connectivity index (χ0v) is 25.3. The van der Waals surface area contributed by atoms with Crippen LogP contribution in [0.5, 0.6) is 0 Å². The zero-order chi connectivity index (χ0) is 31.3. The van der Waals surface area contributed by atoms with E-state index in [1.807, 2.05) is 47.1 Å². The average Bonchev–Trinajstić information content (AvgIpc) is 3.45. The van der Waals surface area contributed by atoms with Gasteiger partial charge in [-0.15, -0.1) is 0 Å². The van der Waals surface area contributed by atoms with Crippen molar-refractivity contribution in [2.24, 2.45) is 0 Å². The molecule has 0 spiro atoms. The first-order chi connectivity index (χ1) is 21.9. The molecule has 3 amide bonds. The maximum atomic E-state index is 13.2. The van der Waals surface area contributed by atoms with Crippen LogP contribution in [-0.2, 0) is 9.59 Å². The molecular weight excluding hydrogens is 566 g/mol. The Balaban J connectivity index is 1.13. The molecule has 0 unspecified atom stereocenters. The number of anilines is 2. The van der Waals surface area contributed by atoms with Crippen LogP contribution in [0.2, 0.25) is 0 Å². The van der Waals surface area contributed by atoms with Gasteiger partial charge in [-0.2, -0.15) is 5.10 Å². The van der Waals surface area contributed by atoms with Gasteiger partial charge in [-0.1, -0.05) is 43.5 Å². The quantitative estimate of drug-likeness (QED) is 0.193. The molecular formula is C35H35N7O3. The number of hydrogen-bond donors (Lipinski definition) is 3. The number of aromatic nitrogens is 4. The number of carbonyl (C=O) groups is 3. The van der Waals surface area contributed by atoms with E-state index in [9.17, 15) is 14.4 Å². The molecule has 0 radical (unpaired) electrons. The second-order valence-corrected chi connectivity index (χ2v) is 11.4. The lowest BCUT2D eigenvalue weighted by molar-refractivity contribution is -0.117. The summed E-state index contributed by atoms with van der Waals surface area (Å²) in [7, 11) is 0. The highest BCUT2D eigenvalue weighted by atomic mass is 16.2. The number of nitrogens with one attached hydrogen (secondary N) is 3. The van der Waals surface area contributed by atoms with Crippen LogP contribution in [0.15, 0.2) is 85.2 Å². The lowest BCUT2D eigenvalue weighted by Gasteiger charge is -2.22. The number of rotatable bonds is 8. The molecule has 1 aliphatic carbocycles. The topological polar surface area (TPSA) is 131 Å². The van der Waals surface area contributed by atoms with Crippen molar-refractivity contribution in [3.63, 3.8) is 0 Å². The largest absolute Gasteiger partial charge is 0.341 e. The Hall–Kier alpha value is -5.38. The second kappa shape index (κ2) is 13.1. The Morgan fingerprint density at radius 2 is 1.64 bits per heavy atom. The zero-order valence-electron chi connectivity index (χ0n) is 25.3. The van der Waals surface area contributed by atoms with Crippen molar-refractivity contribution in [1.29, 1.82) is 0 Å². The molecule has 228 valence electrons. The second-order valence-electron chi connectivity index (χ2n) is 11.4. The minimum absolute atomic E-state index is 0.182. The lowest BCUT2D eigenvalue weighted by Crippen LogP contribution is -2.41. The third-order valence-corrected chi connectivity index (χ3v) is 8.12. The maximum Gasteiger partial charge on any atom is 0.251 e. The molecule has 5 aromatic rings. The lowest BCUT2D eigenvalue weighted by atomic mass is 9.85. The van der Waals surface area contributed by atoms with Gasteiger partial charge in [0, 0.05) is 47.4 Å². The SMILES string of the molecule is CC(=O)Nc1ccc(-c2ccc(NC(=O)[C@@H](C)NC(=O)c3ccc4c(C5CCCCC5)n(-c5ccccn5)nc4c3)cc2)cn1. The van der Waals surface area contributed by atoms with E-state index in [4.69, 9.17) is 5.10 Å². The van der Waals surface area contributed by atoms with Crippen molar-refractivity contribution in [3.05, 3.63) is 96.4 Å². The predicted octanol–water partition coefficient (Wildman–Crippen LogP) is 6.25. The van der Waals surface area contributed by atoms with Crippen molar-refractivity contribution in [2.45, 2.75) is 57.9 Å². The highest BCUT2D eigenvalue weighted by molar-refractivity contribution is 6.02. The third-order valence-electron chi connectivity index (χ3n) is 8.12. The number of benzene rings is 2. The highest BCUT2D eigenvalue weighted by Crippen LogP contribution is 2.37. The fraction of sp³-hybridized carbons (Fsp3) is 0.257. The van der Waals surface area contributed by atoms with Crippen LogP contribution >= 0.6 is 0 Å². The van der Waals surface area contributed by atoms with E-state index in [0.29, 0.717) is 23.0 Å². The fourth-order valence-electron chi connectivity index (χ4n) is 5.83. The molecule has 1 aliphatic rings. The van der Waals surface area contributed by atoms with Crippen molar-refractivity contribution >= 4 is 40.1 Å². The molecule has 45 heavy (non-hydrogen) atoms. The van der Waals surface area contributed by atoms with Gasteiger partial charge in [-0.05, 0) is 73.9 Å². The fourth-order valence-corrected chi connectivity index (χ4v) is 5.83. The summed E-state index contributed by atoms with van der Waals surface area (Å²) < 4.78 is 1.93. The molecule has 1 saturated carbocycles. The van der Waals surface area contributed by atoms with Crippen molar-refractivity contribution in [3.8, 4) is 16.9 Å². The first-order valence-electron chi connectivity index (χ1n) is 15.3. The van der Waals surface area contributed by atoms with Crippen LogP contribution in [-0.4, -0.2) is 43.5 Å². The molecule has 3 N–H and O–H groups in total. The molecule has 2 aromatic carbocycles. The monoisotopic (exact) mass is 601 g/mol. The average molecular weight is 602 g/mol. The molecule has 3 heterocycles. The van der Waals surface area contributed by atoms with Gasteiger partial charge in [0.05, 0.1) is 11.2 Å². The molecule has 0 aliphatic heterocycles. The molecule has 10 heteroatoms. The van der Waals surface area contributed by atoms with Crippen LogP contribution < -0.4 is 16.0 Å². The van der Waals surface area contributed by atoms with Gasteiger partial charge >= 0.3 is 0 Å². The van der Waals surface area contributed by atoms with E-state index < -0.39 is 6.04 Å². The maximum absolute atomic E-state index is 13.2. The van der Waals surface area contributed by atoms with Gasteiger partial charge in [0.25, 0.3) is 5.91 Å². The third kappa shape index (κ3) is 6.75. The first kappa shape index (κ1) is 29.7. The first-order valence-corrected chi connectivity index (χ1v) is 15.3. The summed E-state index contributed by atoms with van der Waals surface area (Å²) in [6.07, 6.45) is 9.28. The number of fused-ring (bicyclic) bond motifs is 1. The van der Waals surface area contributed by atoms with E-state index in [0.717, 1.165) is 46.4 Å². The summed E-state index contributed by atoms with van der Waals surface area (Å²) in [5.41, 5.74) is 4.69. The van der Waals surface area contributed by atoms with Crippen molar-refractivity contribution < 1.29 is 14.4 Å². The molecule has 0 bridgehead atoms. The smallest absolute Gasteiger partial charge is 0.251 e. The molecule has 10 nitrogen and oxygen atoms in total. The Morgan fingerprint density at radius 3 is 2.33 bits per heavy atom. The van der Waals surface area contributed by atoms with E-state index in [1.54, 1.807) is 49.6 Å². The van der Waals surface area contributed by atoms with Gasteiger partial charge in [-0.25, -0.2) is 14.6 Å². The van der Waals surface area contributed by atoms with E-state index >= 15 is 0 Å². The number of carbonyl (C=O) groups excluding carboxylic acids is 3. The van der Waals surface area contributed by atoms with Gasteiger partial charge in [0.15, 0.2) is 5.82 Å². The van der Waals surface area contributed by atoms with E-state index in [2.05, 4.69) is 25.9 Å². The van der Waals surface area contributed by atoms with E-state index in [-0.39, 0.29) is 17.7 Å². The number of pyridine rings is 2. The summed E-state index contributed by atoms with van der Waals surface area (Å²) in [6.45, 7) is 3.08. The van der Waals surface area contributed by atoms with Crippen LogP contribution in [0, 0.1) is 0 Å². The number of amides is 3.